The van der Waals surface area contributed by atoms with Crippen LogP contribution >= 0.6 is 0 Å². The molecule has 1 aliphatic rings. The van der Waals surface area contributed by atoms with Crippen LogP contribution in [0.5, 0.6) is 5.75 Å². The quantitative estimate of drug-likeness (QED) is 0.233. The summed E-state index contributed by atoms with van der Waals surface area (Å²) in [7, 11) is 0. The van der Waals surface area contributed by atoms with Crippen molar-refractivity contribution in [3.8, 4) is 17.1 Å². The van der Waals surface area contributed by atoms with Crippen LogP contribution in [-0.2, 0) is 0 Å². The Labute approximate surface area is 200 Å². The Morgan fingerprint density at radius 3 is 2.30 bits per heavy atom. The summed E-state index contributed by atoms with van der Waals surface area (Å²) in [5.41, 5.74) is 5.29. The predicted molar refractivity (Wildman–Crippen MR) is 142 cm³/mol. The first-order valence-corrected chi connectivity index (χ1v) is 13.3. The fourth-order valence-electron chi connectivity index (χ4n) is 4.26. The summed E-state index contributed by atoms with van der Waals surface area (Å²) in [6.07, 6.45) is 25.1. The predicted octanol–water partition coefficient (Wildman–Crippen LogP) is 8.85. The molecule has 0 fully saturated rings. The van der Waals surface area contributed by atoms with Crippen LogP contribution in [0.3, 0.4) is 0 Å². The number of hydrogen-bond donors (Lipinski definition) is 2. The van der Waals surface area contributed by atoms with Gasteiger partial charge in [0.1, 0.15) is 5.75 Å². The lowest BCUT2D eigenvalue weighted by molar-refractivity contribution is 0.306. The molecule has 4 heteroatoms. The fraction of sp³-hybridized carbons (Fsp3) is 0.552. The van der Waals surface area contributed by atoms with E-state index in [1.807, 2.05) is 12.3 Å². The van der Waals surface area contributed by atoms with Gasteiger partial charge in [-0.2, -0.15) is 0 Å². The van der Waals surface area contributed by atoms with Crippen molar-refractivity contribution in [1.29, 1.82) is 0 Å². The second kappa shape index (κ2) is 14.6. The minimum atomic E-state index is 0.745. The summed E-state index contributed by atoms with van der Waals surface area (Å²) in [6.45, 7) is 5.24. The molecule has 33 heavy (non-hydrogen) atoms. The standard InChI is InChI=1S/C29H43N3O/c1-3-5-7-8-9-10-11-12-13-16-24-18-19-25(31-24)22-28-29(33-21-14-6-4-2)23-27(32-28)26-17-15-20-30-26/h15,17-20,22-23,30,32H,3-14,16,21H2,1-2H3/b25-22+. The molecular formula is C29H43N3O. The third-order valence-corrected chi connectivity index (χ3v) is 6.25. The van der Waals surface area contributed by atoms with Crippen LogP contribution in [0.25, 0.3) is 17.5 Å². The van der Waals surface area contributed by atoms with Crippen molar-refractivity contribution in [3.63, 3.8) is 0 Å². The van der Waals surface area contributed by atoms with Gasteiger partial charge in [-0.3, -0.25) is 4.99 Å². The zero-order valence-corrected chi connectivity index (χ0v) is 20.8. The van der Waals surface area contributed by atoms with Crippen molar-refractivity contribution >= 4 is 11.8 Å². The molecule has 0 bridgehead atoms. The minimum Gasteiger partial charge on any atom is -0.491 e. The van der Waals surface area contributed by atoms with Gasteiger partial charge < -0.3 is 14.7 Å². The van der Waals surface area contributed by atoms with E-state index >= 15 is 0 Å². The van der Waals surface area contributed by atoms with Crippen LogP contribution in [0.1, 0.15) is 103 Å². The van der Waals surface area contributed by atoms with Crippen LogP contribution in [0, 0.1) is 0 Å². The number of hydrogen-bond acceptors (Lipinski definition) is 2. The molecule has 0 aromatic carbocycles. The van der Waals surface area contributed by atoms with E-state index in [1.54, 1.807) is 0 Å². The number of ether oxygens (including phenoxy) is 1. The van der Waals surface area contributed by atoms with Gasteiger partial charge in [-0.1, -0.05) is 78.1 Å². The first-order valence-electron chi connectivity index (χ1n) is 13.3. The summed E-state index contributed by atoms with van der Waals surface area (Å²) >= 11 is 0. The molecule has 2 aromatic heterocycles. The molecular weight excluding hydrogens is 406 g/mol. The second-order valence-corrected chi connectivity index (χ2v) is 9.18. The lowest BCUT2D eigenvalue weighted by Gasteiger charge is -2.04. The Hall–Kier alpha value is -2.49. The Morgan fingerprint density at radius 1 is 0.848 bits per heavy atom. The molecule has 180 valence electrons. The molecule has 0 saturated heterocycles. The Kier molecular flexibility index (Phi) is 11.1. The smallest absolute Gasteiger partial charge is 0.144 e. The SMILES string of the molecule is CCCCCCCCCCCC1=N/C(=C/c2[nH]c(-c3ccc[nH]3)cc2OCCCCC)C=C1. The van der Waals surface area contributed by atoms with Gasteiger partial charge in [-0.15, -0.1) is 0 Å². The molecule has 2 aromatic rings. The van der Waals surface area contributed by atoms with Gasteiger partial charge in [0.25, 0.3) is 0 Å². The van der Waals surface area contributed by atoms with Gasteiger partial charge in [0.15, 0.2) is 0 Å². The highest BCUT2D eigenvalue weighted by Gasteiger charge is 2.12. The van der Waals surface area contributed by atoms with E-state index in [4.69, 9.17) is 9.73 Å². The number of aliphatic imine (C=N–C) groups is 1. The lowest BCUT2D eigenvalue weighted by Crippen LogP contribution is -1.97. The maximum Gasteiger partial charge on any atom is 0.144 e. The second-order valence-electron chi connectivity index (χ2n) is 9.18. The third-order valence-electron chi connectivity index (χ3n) is 6.25. The number of nitrogens with zero attached hydrogens (tertiary/aromatic N) is 1. The maximum absolute atomic E-state index is 6.13. The zero-order chi connectivity index (χ0) is 23.1. The van der Waals surface area contributed by atoms with Crippen LogP contribution in [0.2, 0.25) is 0 Å². The average molecular weight is 450 g/mol. The number of unbranched alkanes of at least 4 members (excludes halogenated alkanes) is 10. The average Bonchev–Trinajstić information content (AvgIpc) is 3.58. The lowest BCUT2D eigenvalue weighted by atomic mass is 10.1. The van der Waals surface area contributed by atoms with Crippen LogP contribution in [0.15, 0.2) is 47.2 Å². The highest BCUT2D eigenvalue weighted by Crippen LogP contribution is 2.29. The highest BCUT2D eigenvalue weighted by molar-refractivity contribution is 5.99. The van der Waals surface area contributed by atoms with Gasteiger partial charge in [-0.25, -0.2) is 0 Å². The van der Waals surface area contributed by atoms with E-state index < -0.39 is 0 Å². The summed E-state index contributed by atoms with van der Waals surface area (Å²) < 4.78 is 6.13. The van der Waals surface area contributed by atoms with Crippen molar-refractivity contribution in [3.05, 3.63) is 47.9 Å². The van der Waals surface area contributed by atoms with Gasteiger partial charge in [-0.05, 0) is 49.6 Å². The molecule has 4 nitrogen and oxygen atoms in total. The normalized spacial score (nSPS) is 14.4. The van der Waals surface area contributed by atoms with Crippen LogP contribution in [0.4, 0.5) is 0 Å². The van der Waals surface area contributed by atoms with E-state index in [2.05, 4.69) is 54.2 Å². The summed E-state index contributed by atoms with van der Waals surface area (Å²) in [6, 6.07) is 6.18. The van der Waals surface area contributed by atoms with Gasteiger partial charge in [0.05, 0.1) is 29.4 Å². The van der Waals surface area contributed by atoms with Crippen molar-refractivity contribution in [1.82, 2.24) is 9.97 Å². The molecule has 0 atom stereocenters. The number of H-pyrrole nitrogens is 2. The van der Waals surface area contributed by atoms with Gasteiger partial charge >= 0.3 is 0 Å². The molecule has 0 aliphatic carbocycles. The minimum absolute atomic E-state index is 0.745. The van der Waals surface area contributed by atoms with Crippen molar-refractivity contribution in [2.24, 2.45) is 4.99 Å². The van der Waals surface area contributed by atoms with E-state index in [1.165, 1.54) is 76.3 Å². The molecule has 0 unspecified atom stereocenters. The Bertz CT molecular complexity index is 886. The largest absolute Gasteiger partial charge is 0.491 e. The molecule has 0 saturated carbocycles. The third kappa shape index (κ3) is 8.75. The number of aromatic amines is 2. The first kappa shape index (κ1) is 25.1. The summed E-state index contributed by atoms with van der Waals surface area (Å²) in [4.78, 5) is 11.6. The van der Waals surface area contributed by atoms with Crippen LogP contribution in [-0.4, -0.2) is 22.3 Å². The van der Waals surface area contributed by atoms with Gasteiger partial charge in [0.2, 0.25) is 0 Å². The number of aromatic nitrogens is 2. The Balaban J connectivity index is 1.50. The molecule has 3 heterocycles. The maximum atomic E-state index is 6.13. The monoisotopic (exact) mass is 449 g/mol. The number of rotatable bonds is 17. The molecule has 0 amide bonds. The zero-order valence-electron chi connectivity index (χ0n) is 20.8. The van der Waals surface area contributed by atoms with E-state index in [0.717, 1.165) is 48.0 Å². The molecule has 1 aliphatic heterocycles. The molecule has 2 N–H and O–H groups in total. The fourth-order valence-corrected chi connectivity index (χ4v) is 4.26. The highest BCUT2D eigenvalue weighted by atomic mass is 16.5. The van der Waals surface area contributed by atoms with Crippen LogP contribution < -0.4 is 4.74 Å². The Morgan fingerprint density at radius 2 is 1.58 bits per heavy atom. The van der Waals surface area contributed by atoms with Gasteiger partial charge in [0, 0.05) is 18.0 Å². The van der Waals surface area contributed by atoms with E-state index in [0.29, 0.717) is 0 Å². The van der Waals surface area contributed by atoms with E-state index in [9.17, 15) is 0 Å². The summed E-state index contributed by atoms with van der Waals surface area (Å²) in [5.74, 6) is 0.902. The van der Waals surface area contributed by atoms with E-state index in [-0.39, 0.29) is 0 Å². The molecule has 3 rings (SSSR count). The summed E-state index contributed by atoms with van der Waals surface area (Å²) in [5, 5.41) is 0. The molecule has 0 radical (unpaired) electrons. The number of allylic oxidation sites excluding steroid dienone is 2. The molecule has 0 spiro atoms. The first-order chi connectivity index (χ1) is 16.3. The topological polar surface area (TPSA) is 53.2 Å². The van der Waals surface area contributed by atoms with Crippen molar-refractivity contribution in [2.45, 2.75) is 97.3 Å². The number of nitrogens with one attached hydrogen (secondary N) is 2. The van der Waals surface area contributed by atoms with Crippen molar-refractivity contribution < 1.29 is 4.74 Å². The van der Waals surface area contributed by atoms with Crippen molar-refractivity contribution in [2.75, 3.05) is 6.61 Å².